The van der Waals surface area contributed by atoms with E-state index in [4.69, 9.17) is 4.74 Å². The quantitative estimate of drug-likeness (QED) is 0.251. The Morgan fingerprint density at radius 3 is 2.36 bits per heavy atom. The highest BCUT2D eigenvalue weighted by molar-refractivity contribution is 7.98. The molecule has 0 aliphatic heterocycles. The summed E-state index contributed by atoms with van der Waals surface area (Å²) in [4.78, 5) is 17.4. The van der Waals surface area contributed by atoms with Gasteiger partial charge in [-0.05, 0) is 94.5 Å². The summed E-state index contributed by atoms with van der Waals surface area (Å²) in [5, 5.41) is 9.94. The molecule has 1 N–H and O–H groups in total. The Kier molecular flexibility index (Phi) is 11.6. The fourth-order valence-corrected chi connectivity index (χ4v) is 5.94. The van der Waals surface area contributed by atoms with Crippen LogP contribution in [-0.2, 0) is 16.0 Å². The SMILES string of the molecule is COC1(C(=O)NSc2cc(F)c(N(C)C(CCc3ccc(F)cc3)CCN(C)C)c(C#N)c2)CCCCCC1. The van der Waals surface area contributed by atoms with E-state index in [1.54, 1.807) is 25.3 Å². The Balaban J connectivity index is 1.77. The molecule has 9 heteroatoms. The molecule has 3 rings (SSSR count). The van der Waals surface area contributed by atoms with Crippen LogP contribution in [0.2, 0.25) is 0 Å². The van der Waals surface area contributed by atoms with Gasteiger partial charge in [0.05, 0.1) is 11.3 Å². The number of rotatable bonds is 12. The van der Waals surface area contributed by atoms with E-state index in [0.717, 1.165) is 56.2 Å². The summed E-state index contributed by atoms with van der Waals surface area (Å²) >= 11 is 1.01. The van der Waals surface area contributed by atoms with Crippen LogP contribution in [0.15, 0.2) is 41.3 Å². The second-order valence-electron chi connectivity index (χ2n) is 10.6. The lowest BCUT2D eigenvalue weighted by Gasteiger charge is -2.32. The predicted molar refractivity (Wildman–Crippen MR) is 153 cm³/mol. The van der Waals surface area contributed by atoms with Gasteiger partial charge in [-0.1, -0.05) is 37.8 Å². The third-order valence-corrected chi connectivity index (χ3v) is 8.38. The number of ether oxygens (including phenoxy) is 1. The van der Waals surface area contributed by atoms with E-state index in [9.17, 15) is 14.4 Å². The number of nitrogens with zero attached hydrogens (tertiary/aromatic N) is 3. The minimum Gasteiger partial charge on any atom is -0.368 e. The minimum atomic E-state index is -0.871. The van der Waals surface area contributed by atoms with Gasteiger partial charge in [-0.3, -0.25) is 9.52 Å². The van der Waals surface area contributed by atoms with Crippen LogP contribution in [-0.4, -0.2) is 57.2 Å². The molecule has 0 saturated heterocycles. The molecule has 212 valence electrons. The molecule has 2 aromatic carbocycles. The van der Waals surface area contributed by atoms with Gasteiger partial charge in [0.2, 0.25) is 0 Å². The van der Waals surface area contributed by atoms with Crippen molar-refractivity contribution < 1.29 is 18.3 Å². The molecular formula is C30H40F2N4O2S. The first-order valence-corrected chi connectivity index (χ1v) is 14.4. The van der Waals surface area contributed by atoms with E-state index in [2.05, 4.69) is 15.7 Å². The van der Waals surface area contributed by atoms with Crippen LogP contribution in [0.5, 0.6) is 0 Å². The second kappa shape index (κ2) is 14.6. The Morgan fingerprint density at radius 2 is 1.77 bits per heavy atom. The maximum Gasteiger partial charge on any atom is 0.262 e. The standard InChI is InChI=1S/C30H40F2N4O2S/c1-35(2)18-15-25(14-11-22-9-12-24(31)13-10-22)36(3)28-23(21-33)19-26(20-27(28)32)39-34-29(37)30(38-4)16-7-5-6-8-17-30/h9-10,12-13,19-20,25H,5-8,11,14-18H2,1-4H3,(H,34,37). The van der Waals surface area contributed by atoms with Crippen molar-refractivity contribution in [2.75, 3.05) is 39.7 Å². The number of carbonyl (C=O) groups excluding carboxylic acids is 1. The van der Waals surface area contributed by atoms with E-state index < -0.39 is 11.4 Å². The van der Waals surface area contributed by atoms with Crippen LogP contribution >= 0.6 is 11.9 Å². The van der Waals surface area contributed by atoms with Crippen LogP contribution in [0.4, 0.5) is 14.5 Å². The summed E-state index contributed by atoms with van der Waals surface area (Å²) in [6.07, 6.45) is 7.51. The zero-order valence-corrected chi connectivity index (χ0v) is 24.3. The summed E-state index contributed by atoms with van der Waals surface area (Å²) in [7, 11) is 7.35. The van der Waals surface area contributed by atoms with Gasteiger partial charge in [0.1, 0.15) is 23.3 Å². The van der Waals surface area contributed by atoms with Gasteiger partial charge in [-0.25, -0.2) is 8.78 Å². The average molecular weight is 559 g/mol. The molecule has 1 unspecified atom stereocenters. The number of hydrogen-bond acceptors (Lipinski definition) is 6. The van der Waals surface area contributed by atoms with Crippen molar-refractivity contribution in [2.45, 2.75) is 74.3 Å². The molecule has 0 heterocycles. The number of benzene rings is 2. The fourth-order valence-electron chi connectivity index (χ4n) is 5.20. The zero-order chi connectivity index (χ0) is 28.4. The van der Waals surface area contributed by atoms with Crippen molar-refractivity contribution in [1.82, 2.24) is 9.62 Å². The first kappa shape index (κ1) is 30.9. The van der Waals surface area contributed by atoms with Crippen molar-refractivity contribution >= 4 is 23.5 Å². The zero-order valence-electron chi connectivity index (χ0n) is 23.4. The predicted octanol–water partition coefficient (Wildman–Crippen LogP) is 6.09. The van der Waals surface area contributed by atoms with Crippen molar-refractivity contribution in [2.24, 2.45) is 0 Å². The minimum absolute atomic E-state index is 0.0472. The van der Waals surface area contributed by atoms with Gasteiger partial charge in [0.25, 0.3) is 5.91 Å². The van der Waals surface area contributed by atoms with E-state index in [1.807, 2.05) is 26.0 Å². The van der Waals surface area contributed by atoms with Crippen molar-refractivity contribution in [3.05, 3.63) is 59.2 Å². The highest BCUT2D eigenvalue weighted by Crippen LogP contribution is 2.34. The normalized spacial score (nSPS) is 15.8. The summed E-state index contributed by atoms with van der Waals surface area (Å²) in [6.45, 7) is 0.795. The van der Waals surface area contributed by atoms with Gasteiger partial charge in [-0.2, -0.15) is 5.26 Å². The van der Waals surface area contributed by atoms with Gasteiger partial charge in [0, 0.05) is 25.1 Å². The number of carbonyl (C=O) groups is 1. The molecule has 0 aromatic heterocycles. The van der Waals surface area contributed by atoms with Gasteiger partial charge in [0.15, 0.2) is 0 Å². The highest BCUT2D eigenvalue weighted by atomic mass is 32.2. The van der Waals surface area contributed by atoms with E-state index in [1.165, 1.54) is 18.2 Å². The second-order valence-corrected chi connectivity index (χ2v) is 11.5. The molecule has 2 aromatic rings. The third-order valence-electron chi connectivity index (χ3n) is 7.62. The van der Waals surface area contributed by atoms with Crippen molar-refractivity contribution in [1.29, 1.82) is 5.26 Å². The Bertz CT molecular complexity index is 1130. The first-order valence-electron chi connectivity index (χ1n) is 13.6. The number of methoxy groups -OCH3 is 1. The van der Waals surface area contributed by atoms with Gasteiger partial charge < -0.3 is 14.5 Å². The van der Waals surface area contributed by atoms with Crippen LogP contribution in [0.25, 0.3) is 0 Å². The molecule has 1 aliphatic carbocycles. The molecule has 1 atom stereocenters. The summed E-state index contributed by atoms with van der Waals surface area (Å²) in [5.41, 5.74) is 0.588. The van der Waals surface area contributed by atoms with Crippen molar-refractivity contribution in [3.8, 4) is 6.07 Å². The molecule has 0 bridgehead atoms. The fraction of sp³-hybridized carbons (Fsp3) is 0.533. The summed E-state index contributed by atoms with van der Waals surface area (Å²) in [6, 6.07) is 11.5. The van der Waals surface area contributed by atoms with Crippen LogP contribution < -0.4 is 9.62 Å². The van der Waals surface area contributed by atoms with E-state index in [0.29, 0.717) is 30.6 Å². The highest BCUT2D eigenvalue weighted by Gasteiger charge is 2.38. The lowest BCUT2D eigenvalue weighted by molar-refractivity contribution is -0.143. The molecule has 1 fully saturated rings. The van der Waals surface area contributed by atoms with Crippen molar-refractivity contribution in [3.63, 3.8) is 0 Å². The number of aryl methyl sites for hydroxylation is 1. The molecule has 1 saturated carbocycles. The van der Waals surface area contributed by atoms with E-state index >= 15 is 4.39 Å². The Labute approximate surface area is 235 Å². The van der Waals surface area contributed by atoms with Crippen LogP contribution in [0.1, 0.15) is 62.5 Å². The summed E-state index contributed by atoms with van der Waals surface area (Å²) < 4.78 is 37.4. The first-order chi connectivity index (χ1) is 18.7. The van der Waals surface area contributed by atoms with Gasteiger partial charge >= 0.3 is 0 Å². The largest absolute Gasteiger partial charge is 0.368 e. The smallest absolute Gasteiger partial charge is 0.262 e. The lowest BCUT2D eigenvalue weighted by atomic mass is 9.93. The molecule has 0 spiro atoms. The molecule has 39 heavy (non-hydrogen) atoms. The number of nitriles is 1. The number of halogens is 2. The third kappa shape index (κ3) is 8.41. The number of nitrogens with one attached hydrogen (secondary N) is 1. The molecule has 0 radical (unpaired) electrons. The summed E-state index contributed by atoms with van der Waals surface area (Å²) in [5.74, 6) is -1.01. The van der Waals surface area contributed by atoms with E-state index in [-0.39, 0.29) is 29.0 Å². The topological polar surface area (TPSA) is 68.6 Å². The Hall–Kier alpha value is -2.67. The average Bonchev–Trinajstić information content (AvgIpc) is 3.18. The van der Waals surface area contributed by atoms with Gasteiger partial charge in [-0.15, -0.1) is 0 Å². The molecular weight excluding hydrogens is 518 g/mol. The molecule has 6 nitrogen and oxygen atoms in total. The maximum atomic E-state index is 15.6. The van der Waals surface area contributed by atoms with Crippen LogP contribution in [0, 0.1) is 23.0 Å². The van der Waals surface area contributed by atoms with Crippen LogP contribution in [0.3, 0.4) is 0 Å². The number of anilines is 1. The molecule has 1 amide bonds. The number of amides is 1. The maximum absolute atomic E-state index is 15.6. The monoisotopic (exact) mass is 558 g/mol. The Morgan fingerprint density at radius 1 is 1.10 bits per heavy atom. The lowest BCUT2D eigenvalue weighted by Crippen LogP contribution is -2.45. The molecule has 1 aliphatic rings. The number of hydrogen-bond donors (Lipinski definition) is 1.